The molecule has 1 aromatic heterocycles. The van der Waals surface area contributed by atoms with Crippen LogP contribution in [0, 0.1) is 6.92 Å². The van der Waals surface area contributed by atoms with Crippen molar-refractivity contribution in [3.63, 3.8) is 0 Å². The quantitative estimate of drug-likeness (QED) is 0.383. The second-order valence-corrected chi connectivity index (χ2v) is 9.36. The summed E-state index contributed by atoms with van der Waals surface area (Å²) in [5.41, 5.74) is 3.15. The number of rotatable bonds is 9. The van der Waals surface area contributed by atoms with Gasteiger partial charge in [0.1, 0.15) is 0 Å². The lowest BCUT2D eigenvalue weighted by Gasteiger charge is -2.11. The average Bonchev–Trinajstić information content (AvgIpc) is 3.34. The summed E-state index contributed by atoms with van der Waals surface area (Å²) < 4.78 is 44.8. The van der Waals surface area contributed by atoms with Crippen LogP contribution in [0.25, 0.3) is 22.8 Å². The fourth-order valence-electron chi connectivity index (χ4n) is 3.47. The molecule has 3 aromatic carbocycles. The van der Waals surface area contributed by atoms with Crippen LogP contribution >= 0.6 is 0 Å². The summed E-state index contributed by atoms with van der Waals surface area (Å²) >= 11 is 0. The molecule has 34 heavy (non-hydrogen) atoms. The lowest BCUT2D eigenvalue weighted by Crippen LogP contribution is -2.26. The topological polar surface area (TPSA) is 104 Å². The third-order valence-corrected chi connectivity index (χ3v) is 6.82. The first-order chi connectivity index (χ1) is 16.4. The van der Waals surface area contributed by atoms with Crippen LogP contribution in [0.1, 0.15) is 11.1 Å². The number of methoxy groups -OCH3 is 2. The van der Waals surface area contributed by atoms with Crippen LogP contribution in [0.4, 0.5) is 0 Å². The minimum Gasteiger partial charge on any atom is -0.493 e. The van der Waals surface area contributed by atoms with E-state index in [0.29, 0.717) is 29.3 Å². The summed E-state index contributed by atoms with van der Waals surface area (Å²) in [4.78, 5) is 4.49. The van der Waals surface area contributed by atoms with Crippen molar-refractivity contribution in [3.05, 3.63) is 77.9 Å². The van der Waals surface area contributed by atoms with E-state index < -0.39 is 10.0 Å². The van der Waals surface area contributed by atoms with E-state index in [1.807, 2.05) is 43.3 Å². The first-order valence-electron chi connectivity index (χ1n) is 10.6. The van der Waals surface area contributed by atoms with Crippen molar-refractivity contribution in [3.8, 4) is 34.3 Å². The molecule has 176 valence electrons. The highest BCUT2D eigenvalue weighted by Crippen LogP contribution is 2.29. The molecule has 4 aromatic rings. The Morgan fingerprint density at radius 1 is 0.941 bits per heavy atom. The highest BCUT2D eigenvalue weighted by Gasteiger charge is 2.22. The second kappa shape index (κ2) is 10.1. The smallest absolute Gasteiger partial charge is 0.259 e. The fraction of sp³-hybridized carbons (Fsp3) is 0.200. The van der Waals surface area contributed by atoms with E-state index in [2.05, 4.69) is 14.9 Å². The fourth-order valence-corrected chi connectivity index (χ4v) is 4.70. The molecule has 8 nitrogen and oxygen atoms in total. The molecule has 1 heterocycles. The third kappa shape index (κ3) is 5.11. The molecular weight excluding hydrogens is 454 g/mol. The van der Waals surface area contributed by atoms with E-state index >= 15 is 0 Å². The van der Waals surface area contributed by atoms with Gasteiger partial charge in [-0.2, -0.15) is 4.98 Å². The molecule has 0 aliphatic rings. The minimum absolute atomic E-state index is 0.0708. The number of hydrogen-bond donors (Lipinski definition) is 1. The lowest BCUT2D eigenvalue weighted by molar-refractivity contribution is 0.354. The van der Waals surface area contributed by atoms with Crippen molar-refractivity contribution < 1.29 is 22.4 Å². The van der Waals surface area contributed by atoms with Crippen LogP contribution < -0.4 is 14.2 Å². The van der Waals surface area contributed by atoms with Crippen molar-refractivity contribution in [2.45, 2.75) is 18.2 Å². The number of nitrogens with one attached hydrogen (secondary N) is 1. The molecule has 0 unspecified atom stereocenters. The van der Waals surface area contributed by atoms with Gasteiger partial charge in [-0.3, -0.25) is 0 Å². The molecule has 0 radical (unpaired) electrons. The summed E-state index contributed by atoms with van der Waals surface area (Å²) in [6.45, 7) is 2.19. The summed E-state index contributed by atoms with van der Waals surface area (Å²) in [5, 5.41) is 4.02. The Morgan fingerprint density at radius 2 is 1.68 bits per heavy atom. The third-order valence-electron chi connectivity index (χ3n) is 5.30. The molecule has 9 heteroatoms. The van der Waals surface area contributed by atoms with Gasteiger partial charge in [-0.1, -0.05) is 53.2 Å². The van der Waals surface area contributed by atoms with Crippen molar-refractivity contribution in [2.24, 2.45) is 0 Å². The summed E-state index contributed by atoms with van der Waals surface area (Å²) in [7, 11) is -0.708. The molecule has 0 spiro atoms. The standard InChI is InChI=1S/C25H25N3O5S/c1-17-8-11-19(12-9-17)24-27-25(33-28-24)20-6-4-5-7-23(20)34(29,30)26-15-14-18-10-13-21(31-2)22(16-18)32-3/h4-13,16,26H,14-15H2,1-3H3. The minimum atomic E-state index is -3.83. The van der Waals surface area contributed by atoms with E-state index in [1.165, 1.54) is 6.07 Å². The molecular formula is C25H25N3O5S. The van der Waals surface area contributed by atoms with Crippen LogP contribution in [0.15, 0.2) is 76.1 Å². The predicted octanol–water partition coefficient (Wildman–Crippen LogP) is 4.25. The van der Waals surface area contributed by atoms with Gasteiger partial charge >= 0.3 is 0 Å². The Morgan fingerprint density at radius 3 is 2.41 bits per heavy atom. The van der Waals surface area contributed by atoms with Crippen molar-refractivity contribution in [2.75, 3.05) is 20.8 Å². The van der Waals surface area contributed by atoms with E-state index in [-0.39, 0.29) is 17.3 Å². The van der Waals surface area contributed by atoms with E-state index in [0.717, 1.165) is 16.7 Å². The molecule has 0 bridgehead atoms. The van der Waals surface area contributed by atoms with Gasteiger partial charge < -0.3 is 14.0 Å². The molecule has 0 saturated heterocycles. The molecule has 1 N–H and O–H groups in total. The van der Waals surface area contributed by atoms with Crippen molar-refractivity contribution in [1.82, 2.24) is 14.9 Å². The summed E-state index contributed by atoms with van der Waals surface area (Å²) in [5.74, 6) is 1.74. The number of ether oxygens (including phenoxy) is 2. The second-order valence-electron chi connectivity index (χ2n) is 7.62. The Bertz CT molecular complexity index is 1380. The van der Waals surface area contributed by atoms with Gasteiger partial charge in [0.2, 0.25) is 15.8 Å². The number of nitrogens with zero attached hydrogens (tertiary/aromatic N) is 2. The van der Waals surface area contributed by atoms with Crippen LogP contribution in [-0.4, -0.2) is 39.3 Å². The molecule has 0 atom stereocenters. The van der Waals surface area contributed by atoms with Crippen molar-refractivity contribution in [1.29, 1.82) is 0 Å². The number of benzene rings is 3. The summed E-state index contributed by atoms with van der Waals surface area (Å²) in [6.07, 6.45) is 0.472. The van der Waals surface area contributed by atoms with Gasteiger partial charge in [-0.25, -0.2) is 13.1 Å². The first kappa shape index (κ1) is 23.5. The van der Waals surface area contributed by atoms with Gasteiger partial charge in [0, 0.05) is 12.1 Å². The first-order valence-corrected chi connectivity index (χ1v) is 12.1. The maximum Gasteiger partial charge on any atom is 0.259 e. The van der Waals surface area contributed by atoms with Crippen LogP contribution in [0.3, 0.4) is 0 Å². The zero-order valence-corrected chi connectivity index (χ0v) is 19.9. The number of sulfonamides is 1. The maximum absolute atomic E-state index is 13.1. The highest BCUT2D eigenvalue weighted by atomic mass is 32.2. The number of aryl methyl sites for hydroxylation is 1. The van der Waals surface area contributed by atoms with Gasteiger partial charge in [0.15, 0.2) is 11.5 Å². The Hall–Kier alpha value is -3.69. The average molecular weight is 480 g/mol. The highest BCUT2D eigenvalue weighted by molar-refractivity contribution is 7.89. The maximum atomic E-state index is 13.1. The van der Waals surface area contributed by atoms with Crippen LogP contribution in [-0.2, 0) is 16.4 Å². The lowest BCUT2D eigenvalue weighted by atomic mass is 10.1. The summed E-state index contributed by atoms with van der Waals surface area (Å²) in [6, 6.07) is 19.7. The van der Waals surface area contributed by atoms with E-state index in [1.54, 1.807) is 38.5 Å². The van der Waals surface area contributed by atoms with Gasteiger partial charge in [-0.05, 0) is 43.2 Å². The van der Waals surface area contributed by atoms with Gasteiger partial charge in [0.25, 0.3) is 5.89 Å². The van der Waals surface area contributed by atoms with Crippen molar-refractivity contribution >= 4 is 10.0 Å². The molecule has 0 aliphatic heterocycles. The van der Waals surface area contributed by atoms with Gasteiger partial charge in [-0.15, -0.1) is 0 Å². The van der Waals surface area contributed by atoms with Gasteiger partial charge in [0.05, 0.1) is 24.7 Å². The largest absolute Gasteiger partial charge is 0.493 e. The molecule has 0 fully saturated rings. The van der Waals surface area contributed by atoms with E-state index in [9.17, 15) is 8.42 Å². The Kier molecular flexibility index (Phi) is 6.95. The van der Waals surface area contributed by atoms with E-state index in [4.69, 9.17) is 14.0 Å². The zero-order chi connectivity index (χ0) is 24.1. The predicted molar refractivity (Wildman–Crippen MR) is 128 cm³/mol. The Balaban J connectivity index is 1.52. The van der Waals surface area contributed by atoms with Crippen LogP contribution in [0.2, 0.25) is 0 Å². The zero-order valence-electron chi connectivity index (χ0n) is 19.1. The normalized spacial score (nSPS) is 11.4. The SMILES string of the molecule is COc1ccc(CCNS(=O)(=O)c2ccccc2-c2nc(-c3ccc(C)cc3)no2)cc1OC. The van der Waals surface area contributed by atoms with Crippen LogP contribution in [0.5, 0.6) is 11.5 Å². The molecule has 4 rings (SSSR count). The number of aromatic nitrogens is 2. The molecule has 0 aliphatic carbocycles. The Labute approximate surface area is 198 Å². The molecule has 0 amide bonds. The number of hydrogen-bond acceptors (Lipinski definition) is 7. The molecule has 0 saturated carbocycles. The monoisotopic (exact) mass is 479 g/mol.